The van der Waals surface area contributed by atoms with Crippen LogP contribution in [0.1, 0.15) is 30.2 Å². The molecule has 0 spiro atoms. The number of ether oxygens (including phenoxy) is 1. The van der Waals surface area contributed by atoms with Crippen LogP contribution in [0.15, 0.2) is 17.3 Å². The number of thioether (sulfide) groups is 1. The fourth-order valence-electron chi connectivity index (χ4n) is 2.96. The van der Waals surface area contributed by atoms with Gasteiger partial charge in [0.25, 0.3) is 0 Å². The molecule has 0 aliphatic carbocycles. The highest BCUT2D eigenvalue weighted by Gasteiger charge is 2.18. The number of fused-ring (bicyclic) bond motifs is 1. The second kappa shape index (κ2) is 7.72. The highest BCUT2D eigenvalue weighted by Crippen LogP contribution is 2.35. The minimum Gasteiger partial charge on any atom is -0.496 e. The summed E-state index contributed by atoms with van der Waals surface area (Å²) < 4.78 is 7.55. The molecule has 6 nitrogen and oxygen atoms in total. The molecule has 0 aromatic carbocycles. The molecule has 0 unspecified atom stereocenters. The largest absolute Gasteiger partial charge is 0.496 e. The number of rotatable bonds is 6. The Morgan fingerprint density at radius 2 is 2.08 bits per heavy atom. The summed E-state index contributed by atoms with van der Waals surface area (Å²) in [7, 11) is 1.68. The van der Waals surface area contributed by atoms with Crippen molar-refractivity contribution in [2.45, 2.75) is 38.6 Å². The summed E-state index contributed by atoms with van der Waals surface area (Å²) in [6.45, 7) is 6.70. The molecule has 2 N–H and O–H groups in total. The zero-order valence-electron chi connectivity index (χ0n) is 15.3. The van der Waals surface area contributed by atoms with Gasteiger partial charge in [0.05, 0.1) is 24.7 Å². The zero-order chi connectivity index (χ0) is 18.8. The van der Waals surface area contributed by atoms with Crippen LogP contribution in [0.2, 0.25) is 5.15 Å². The van der Waals surface area contributed by atoms with Gasteiger partial charge >= 0.3 is 0 Å². The predicted octanol–water partition coefficient (Wildman–Crippen LogP) is 4.24. The van der Waals surface area contributed by atoms with Gasteiger partial charge in [0.1, 0.15) is 16.5 Å². The first-order chi connectivity index (χ1) is 12.5. The minimum atomic E-state index is 0.167. The summed E-state index contributed by atoms with van der Waals surface area (Å²) in [5, 5.41) is 1.23. The van der Waals surface area contributed by atoms with Gasteiger partial charge in [-0.25, -0.2) is 4.98 Å². The van der Waals surface area contributed by atoms with Crippen LogP contribution in [0.4, 0.5) is 5.95 Å². The molecule has 0 atom stereocenters. The lowest BCUT2D eigenvalue weighted by Gasteiger charge is -2.13. The predicted molar refractivity (Wildman–Crippen MR) is 107 cm³/mol. The highest BCUT2D eigenvalue weighted by atomic mass is 35.5. The Kier molecular flexibility index (Phi) is 5.58. The van der Waals surface area contributed by atoms with E-state index in [0.29, 0.717) is 11.7 Å². The molecule has 0 saturated heterocycles. The molecule has 0 fully saturated rings. The van der Waals surface area contributed by atoms with Crippen molar-refractivity contribution in [2.24, 2.45) is 0 Å². The molecule has 3 aromatic rings. The number of methoxy groups -OCH3 is 1. The second-order valence-corrected chi connectivity index (χ2v) is 7.58. The van der Waals surface area contributed by atoms with Crippen molar-refractivity contribution in [1.29, 1.82) is 0 Å². The summed E-state index contributed by atoms with van der Waals surface area (Å²) in [4.78, 5) is 14.2. The van der Waals surface area contributed by atoms with Crippen LogP contribution >= 0.6 is 23.4 Å². The van der Waals surface area contributed by atoms with Crippen LogP contribution < -0.4 is 10.5 Å². The molecule has 0 radical (unpaired) electrons. The van der Waals surface area contributed by atoms with Crippen molar-refractivity contribution in [3.05, 3.63) is 34.4 Å². The number of nitrogen functional groups attached to an aromatic ring is 1. The topological polar surface area (TPSA) is 78.8 Å². The summed E-state index contributed by atoms with van der Waals surface area (Å²) in [6, 6.07) is 0. The molecule has 0 aliphatic heterocycles. The van der Waals surface area contributed by atoms with Gasteiger partial charge in [-0.1, -0.05) is 18.5 Å². The summed E-state index contributed by atoms with van der Waals surface area (Å²) in [6.07, 6.45) is 4.95. The third-order valence-corrected chi connectivity index (χ3v) is 5.69. The monoisotopic (exact) mass is 391 g/mol. The second-order valence-electron chi connectivity index (χ2n) is 6.09. The molecule has 138 valence electrons. The molecule has 3 rings (SSSR count). The normalized spacial score (nSPS) is 11.3. The van der Waals surface area contributed by atoms with E-state index < -0.39 is 0 Å². The lowest BCUT2D eigenvalue weighted by Crippen LogP contribution is -2.07. The van der Waals surface area contributed by atoms with Gasteiger partial charge in [0, 0.05) is 28.4 Å². The minimum absolute atomic E-state index is 0.167. The summed E-state index contributed by atoms with van der Waals surface area (Å²) in [5.74, 6) is 2.02. The van der Waals surface area contributed by atoms with Crippen molar-refractivity contribution >= 4 is 40.3 Å². The number of aromatic nitrogens is 4. The standard InChI is InChI=1S/C18H22ClN5OS/c1-5-6-26-13-9-24(17-14(13)16(19)22-18(20)23-17)8-12-11(3)15(25-4)10(2)7-21-12/h7,9H,5-6,8H2,1-4H3,(H2,20,22,23). The number of hydrogen-bond acceptors (Lipinski definition) is 6. The van der Waals surface area contributed by atoms with Gasteiger partial charge in [-0.05, 0) is 26.0 Å². The average Bonchev–Trinajstić information content (AvgIpc) is 2.93. The smallest absolute Gasteiger partial charge is 0.223 e. The van der Waals surface area contributed by atoms with Gasteiger partial charge in [0.2, 0.25) is 5.95 Å². The highest BCUT2D eigenvalue weighted by molar-refractivity contribution is 7.99. The molecule has 3 aromatic heterocycles. The number of nitrogens with two attached hydrogens (primary N) is 1. The first kappa shape index (κ1) is 18.8. The van der Waals surface area contributed by atoms with Gasteiger partial charge in [-0.15, -0.1) is 11.8 Å². The molecule has 0 saturated carbocycles. The SMILES string of the molecule is CCCSc1cn(Cc2ncc(C)c(OC)c2C)c2nc(N)nc(Cl)c12. The van der Waals surface area contributed by atoms with Crippen LogP contribution in [0.3, 0.4) is 0 Å². The summed E-state index contributed by atoms with van der Waals surface area (Å²) >= 11 is 8.11. The molecule has 0 aliphatic rings. The van der Waals surface area contributed by atoms with Crippen LogP contribution in [0.5, 0.6) is 5.75 Å². The quantitative estimate of drug-likeness (QED) is 0.500. The molecule has 0 bridgehead atoms. The van der Waals surface area contributed by atoms with Crippen molar-refractivity contribution < 1.29 is 4.74 Å². The van der Waals surface area contributed by atoms with E-state index in [1.807, 2.05) is 24.6 Å². The molecule has 0 amide bonds. The van der Waals surface area contributed by atoms with Crippen LogP contribution in [-0.4, -0.2) is 32.4 Å². The van der Waals surface area contributed by atoms with E-state index >= 15 is 0 Å². The third kappa shape index (κ3) is 3.46. The van der Waals surface area contributed by atoms with Crippen molar-refractivity contribution in [1.82, 2.24) is 19.5 Å². The zero-order valence-corrected chi connectivity index (χ0v) is 16.9. The number of hydrogen-bond donors (Lipinski definition) is 1. The maximum Gasteiger partial charge on any atom is 0.223 e. The first-order valence-electron chi connectivity index (χ1n) is 8.40. The van der Waals surface area contributed by atoms with Crippen molar-refractivity contribution in [3.63, 3.8) is 0 Å². The average molecular weight is 392 g/mol. The van der Waals surface area contributed by atoms with E-state index in [4.69, 9.17) is 22.1 Å². The van der Waals surface area contributed by atoms with Crippen LogP contribution in [0, 0.1) is 13.8 Å². The van der Waals surface area contributed by atoms with Crippen molar-refractivity contribution in [3.8, 4) is 5.75 Å². The number of pyridine rings is 1. The van der Waals surface area contributed by atoms with Gasteiger partial charge in [-0.2, -0.15) is 4.98 Å². The Balaban J connectivity index is 2.11. The maximum absolute atomic E-state index is 6.37. The lowest BCUT2D eigenvalue weighted by atomic mass is 10.1. The summed E-state index contributed by atoms with van der Waals surface area (Å²) in [5.41, 5.74) is 9.51. The molecule has 3 heterocycles. The van der Waals surface area contributed by atoms with Gasteiger partial charge in [0.15, 0.2) is 0 Å². The first-order valence-corrected chi connectivity index (χ1v) is 9.76. The van der Waals surface area contributed by atoms with E-state index in [1.54, 1.807) is 18.9 Å². The Labute approximate surface area is 162 Å². The van der Waals surface area contributed by atoms with E-state index in [9.17, 15) is 0 Å². The van der Waals surface area contributed by atoms with E-state index in [2.05, 4.69) is 28.1 Å². The van der Waals surface area contributed by atoms with E-state index in [0.717, 1.165) is 50.7 Å². The fraction of sp³-hybridized carbons (Fsp3) is 0.389. The Hall–Kier alpha value is -1.99. The Bertz CT molecular complexity index is 957. The van der Waals surface area contributed by atoms with Gasteiger partial charge < -0.3 is 15.0 Å². The number of aryl methyl sites for hydroxylation is 1. The Morgan fingerprint density at radius 3 is 2.77 bits per heavy atom. The number of anilines is 1. The van der Waals surface area contributed by atoms with E-state index in [-0.39, 0.29) is 5.95 Å². The van der Waals surface area contributed by atoms with Crippen LogP contribution in [-0.2, 0) is 6.54 Å². The molecule has 8 heteroatoms. The third-order valence-electron chi connectivity index (χ3n) is 4.19. The Morgan fingerprint density at radius 1 is 1.31 bits per heavy atom. The van der Waals surface area contributed by atoms with Crippen LogP contribution in [0.25, 0.3) is 11.0 Å². The van der Waals surface area contributed by atoms with Gasteiger partial charge in [-0.3, -0.25) is 4.98 Å². The molecular formula is C18H22ClN5OS. The molecule has 26 heavy (non-hydrogen) atoms. The maximum atomic E-state index is 6.37. The lowest BCUT2D eigenvalue weighted by molar-refractivity contribution is 0.406. The van der Waals surface area contributed by atoms with E-state index in [1.165, 1.54) is 0 Å². The molecular weight excluding hydrogens is 370 g/mol. The number of halogens is 1. The fourth-order valence-corrected chi connectivity index (χ4v) is 4.25. The van der Waals surface area contributed by atoms with Crippen molar-refractivity contribution in [2.75, 3.05) is 18.6 Å². The number of nitrogens with zero attached hydrogens (tertiary/aromatic N) is 4.